The topological polar surface area (TPSA) is 21.8 Å². The molecule has 0 heterocycles. The fraction of sp³-hybridized carbons (Fsp3) is 0.278. The molecule has 0 amide bonds. The van der Waals surface area contributed by atoms with E-state index in [1.54, 1.807) is 0 Å². The molecule has 0 atom stereocenters. The van der Waals surface area contributed by atoms with Crippen LogP contribution in [0.4, 0.5) is 22.7 Å². The average Bonchev–Trinajstić information content (AvgIpc) is 2.55. The molecule has 0 aliphatic rings. The Labute approximate surface area is 144 Å². The van der Waals surface area contributed by atoms with Gasteiger partial charge in [0, 0.05) is 58.0 Å². The fourth-order valence-corrected chi connectivity index (χ4v) is 2.51. The van der Waals surface area contributed by atoms with E-state index in [4.69, 9.17) is 12.2 Å². The number of anilines is 4. The maximum Gasteiger partial charge on any atom is 0.177 e. The normalized spacial score (nSPS) is 10.1. The molecule has 0 unspecified atom stereocenters. The second-order valence-corrected chi connectivity index (χ2v) is 6.10. The molecule has 1 N–H and O–H groups in total. The molecule has 0 saturated heterocycles. The molecule has 0 aliphatic heterocycles. The van der Waals surface area contributed by atoms with Crippen LogP contribution in [0, 0.1) is 0 Å². The highest BCUT2D eigenvalue weighted by atomic mass is 32.1. The van der Waals surface area contributed by atoms with Crippen molar-refractivity contribution in [2.75, 3.05) is 49.9 Å². The number of hydrogen-bond acceptors (Lipinski definition) is 3. The van der Waals surface area contributed by atoms with Gasteiger partial charge in [0.1, 0.15) is 0 Å². The third kappa shape index (κ3) is 3.93. The summed E-state index contributed by atoms with van der Waals surface area (Å²) in [4.78, 5) is 6.20. The van der Waals surface area contributed by atoms with Gasteiger partial charge in [0.15, 0.2) is 5.11 Å². The molecular weight excluding hydrogens is 304 g/mol. The van der Waals surface area contributed by atoms with Crippen molar-refractivity contribution < 1.29 is 0 Å². The fourth-order valence-electron chi connectivity index (χ4n) is 2.30. The standard InChI is InChI=1S/C18H24N4S/c1-19-18(23)22(16-10-6-14(7-11-16)20(2)3)17-12-8-15(9-13-17)21(4)5/h6-13H,1-5H3,(H,19,23). The maximum absolute atomic E-state index is 5.50. The quantitative estimate of drug-likeness (QED) is 0.866. The minimum atomic E-state index is 0.667. The molecule has 5 heteroatoms. The second kappa shape index (κ2) is 7.33. The number of rotatable bonds is 4. The van der Waals surface area contributed by atoms with Crippen molar-refractivity contribution in [1.29, 1.82) is 0 Å². The van der Waals surface area contributed by atoms with Crippen LogP contribution in [0.1, 0.15) is 0 Å². The highest BCUT2D eigenvalue weighted by molar-refractivity contribution is 7.80. The summed E-state index contributed by atoms with van der Waals surface area (Å²) in [6.45, 7) is 0. The van der Waals surface area contributed by atoms with Gasteiger partial charge in [-0.25, -0.2) is 0 Å². The molecule has 4 nitrogen and oxygen atoms in total. The average molecular weight is 328 g/mol. The summed E-state index contributed by atoms with van der Waals surface area (Å²) in [5.41, 5.74) is 4.39. The first-order valence-corrected chi connectivity index (χ1v) is 7.91. The monoisotopic (exact) mass is 328 g/mol. The lowest BCUT2D eigenvalue weighted by Gasteiger charge is -2.26. The van der Waals surface area contributed by atoms with E-state index in [2.05, 4.69) is 63.6 Å². The highest BCUT2D eigenvalue weighted by Gasteiger charge is 2.14. The Kier molecular flexibility index (Phi) is 5.45. The summed E-state index contributed by atoms with van der Waals surface area (Å²) in [5.74, 6) is 0. The third-order valence-electron chi connectivity index (χ3n) is 3.67. The summed E-state index contributed by atoms with van der Waals surface area (Å²) >= 11 is 5.50. The smallest absolute Gasteiger partial charge is 0.177 e. The van der Waals surface area contributed by atoms with Gasteiger partial charge in [-0.15, -0.1) is 0 Å². The molecule has 0 bridgehead atoms. The van der Waals surface area contributed by atoms with Gasteiger partial charge in [-0.3, -0.25) is 4.90 Å². The first-order chi connectivity index (χ1) is 10.9. The Hall–Kier alpha value is -2.27. The van der Waals surface area contributed by atoms with Crippen LogP contribution in [-0.2, 0) is 0 Å². The summed E-state index contributed by atoms with van der Waals surface area (Å²) in [7, 11) is 9.98. The number of nitrogens with one attached hydrogen (secondary N) is 1. The van der Waals surface area contributed by atoms with E-state index in [0.29, 0.717) is 5.11 Å². The summed E-state index contributed by atoms with van der Waals surface area (Å²) in [6.07, 6.45) is 0. The molecule has 0 saturated carbocycles. The zero-order chi connectivity index (χ0) is 17.0. The minimum absolute atomic E-state index is 0.667. The predicted octanol–water partition coefficient (Wildman–Crippen LogP) is 3.46. The van der Waals surface area contributed by atoms with E-state index in [9.17, 15) is 0 Å². The van der Waals surface area contributed by atoms with E-state index in [0.717, 1.165) is 22.7 Å². The van der Waals surface area contributed by atoms with E-state index in [1.165, 1.54) is 0 Å². The molecule has 2 rings (SSSR count). The minimum Gasteiger partial charge on any atom is -0.378 e. The van der Waals surface area contributed by atoms with Gasteiger partial charge in [-0.1, -0.05) is 0 Å². The first kappa shape index (κ1) is 17.1. The Morgan fingerprint density at radius 3 is 1.26 bits per heavy atom. The van der Waals surface area contributed by atoms with Crippen LogP contribution >= 0.6 is 12.2 Å². The Bertz CT molecular complexity index is 596. The van der Waals surface area contributed by atoms with Crippen molar-refractivity contribution in [3.05, 3.63) is 48.5 Å². The van der Waals surface area contributed by atoms with Crippen molar-refractivity contribution in [1.82, 2.24) is 5.32 Å². The van der Waals surface area contributed by atoms with Crippen molar-refractivity contribution in [2.24, 2.45) is 0 Å². The maximum atomic E-state index is 5.50. The van der Waals surface area contributed by atoms with E-state index < -0.39 is 0 Å². The molecular formula is C18H24N4S. The van der Waals surface area contributed by atoms with Crippen molar-refractivity contribution >= 4 is 40.1 Å². The van der Waals surface area contributed by atoms with E-state index >= 15 is 0 Å². The molecule has 2 aromatic carbocycles. The van der Waals surface area contributed by atoms with Crippen LogP contribution in [-0.4, -0.2) is 40.4 Å². The number of nitrogens with zero attached hydrogens (tertiary/aromatic N) is 3. The summed E-state index contributed by atoms with van der Waals surface area (Å²) in [6, 6.07) is 16.7. The zero-order valence-electron chi connectivity index (χ0n) is 14.4. The molecule has 122 valence electrons. The second-order valence-electron chi connectivity index (χ2n) is 5.71. The van der Waals surface area contributed by atoms with Gasteiger partial charge in [-0.05, 0) is 60.7 Å². The molecule has 0 aromatic heterocycles. The lowest BCUT2D eigenvalue weighted by molar-refractivity contribution is 1.12. The molecule has 0 fully saturated rings. The van der Waals surface area contributed by atoms with Gasteiger partial charge < -0.3 is 15.1 Å². The van der Waals surface area contributed by atoms with Crippen LogP contribution in [0.5, 0.6) is 0 Å². The van der Waals surface area contributed by atoms with Crippen molar-refractivity contribution in [3.8, 4) is 0 Å². The van der Waals surface area contributed by atoms with Crippen LogP contribution in [0.2, 0.25) is 0 Å². The third-order valence-corrected chi connectivity index (χ3v) is 4.05. The SMILES string of the molecule is CNC(=S)N(c1ccc(N(C)C)cc1)c1ccc(N(C)C)cc1. The molecule has 2 aromatic rings. The van der Waals surface area contributed by atoms with Crippen LogP contribution in [0.15, 0.2) is 48.5 Å². The van der Waals surface area contributed by atoms with Crippen LogP contribution in [0.3, 0.4) is 0 Å². The number of hydrogen-bond donors (Lipinski definition) is 1. The zero-order valence-corrected chi connectivity index (χ0v) is 15.2. The Morgan fingerprint density at radius 1 is 0.696 bits per heavy atom. The first-order valence-electron chi connectivity index (χ1n) is 7.50. The van der Waals surface area contributed by atoms with Crippen LogP contribution in [0.25, 0.3) is 0 Å². The molecule has 0 spiro atoms. The van der Waals surface area contributed by atoms with Gasteiger partial charge >= 0.3 is 0 Å². The van der Waals surface area contributed by atoms with Gasteiger partial charge in [0.25, 0.3) is 0 Å². The van der Waals surface area contributed by atoms with Crippen molar-refractivity contribution in [3.63, 3.8) is 0 Å². The Morgan fingerprint density at radius 2 is 1.00 bits per heavy atom. The summed E-state index contributed by atoms with van der Waals surface area (Å²) < 4.78 is 0. The van der Waals surface area contributed by atoms with Gasteiger partial charge in [-0.2, -0.15) is 0 Å². The Balaban J connectivity index is 2.38. The number of benzene rings is 2. The largest absolute Gasteiger partial charge is 0.378 e. The van der Waals surface area contributed by atoms with E-state index in [1.807, 2.05) is 40.1 Å². The van der Waals surface area contributed by atoms with Crippen molar-refractivity contribution in [2.45, 2.75) is 0 Å². The molecule has 23 heavy (non-hydrogen) atoms. The predicted molar refractivity (Wildman–Crippen MR) is 105 cm³/mol. The lowest BCUT2D eigenvalue weighted by atomic mass is 10.2. The van der Waals surface area contributed by atoms with Gasteiger partial charge in [0.05, 0.1) is 0 Å². The molecule has 0 radical (unpaired) electrons. The summed E-state index contributed by atoms with van der Waals surface area (Å²) in [5, 5.41) is 3.74. The highest BCUT2D eigenvalue weighted by Crippen LogP contribution is 2.29. The van der Waals surface area contributed by atoms with Gasteiger partial charge in [0.2, 0.25) is 0 Å². The number of thiocarbonyl (C=S) groups is 1. The van der Waals surface area contributed by atoms with Crippen LogP contribution < -0.4 is 20.0 Å². The van der Waals surface area contributed by atoms with E-state index in [-0.39, 0.29) is 0 Å². The lowest BCUT2D eigenvalue weighted by Crippen LogP contribution is -2.34. The molecule has 0 aliphatic carbocycles.